The average molecular weight is 1260 g/mol. The smallest absolute Gasteiger partial charge is 0.240 e. The molecular weight excluding hydrogens is 1160 g/mol. The lowest BCUT2D eigenvalue weighted by Gasteiger charge is -2.28. The van der Waals surface area contributed by atoms with E-state index in [4.69, 9.17) is 34.4 Å². The minimum absolute atomic E-state index is 0.00981. The van der Waals surface area contributed by atoms with Gasteiger partial charge in [-0.2, -0.15) is 0 Å². The van der Waals surface area contributed by atoms with Gasteiger partial charge in [0.15, 0.2) is 29.3 Å². The molecule has 25 nitrogen and oxygen atoms in total. The summed E-state index contributed by atoms with van der Waals surface area (Å²) in [5.41, 5.74) is 35.0. The molecule has 1 fully saturated rings. The molecule has 6 amide bonds. The van der Waals surface area contributed by atoms with Crippen LogP contribution in [0, 0.1) is 29.6 Å². The molecule has 0 spiro atoms. The third kappa shape index (κ3) is 26.1. The molecule has 1 heterocycles. The number of Topliss-reactive ketones (excluding diaryl/α,β-unsaturated/α-hetero) is 4. The zero-order chi connectivity index (χ0) is 66.6. The Morgan fingerprint density at radius 3 is 1.56 bits per heavy atom. The van der Waals surface area contributed by atoms with Crippen LogP contribution in [0.1, 0.15) is 102 Å². The zero-order valence-electron chi connectivity index (χ0n) is 52.4. The number of nitrogens with zero attached hydrogens (tertiary/aromatic N) is 3. The number of ketones is 4. The van der Waals surface area contributed by atoms with Crippen LogP contribution < -0.4 is 61.0 Å². The number of hydrogen-bond donors (Lipinski definition) is 12. The Morgan fingerprint density at radius 1 is 0.516 bits per heavy atom. The zero-order valence-corrected chi connectivity index (χ0v) is 52.4. The first kappa shape index (κ1) is 72.6. The summed E-state index contributed by atoms with van der Waals surface area (Å²) in [6.07, 6.45) is -1.08. The van der Waals surface area contributed by atoms with Crippen LogP contribution in [0.5, 0.6) is 5.75 Å². The molecular formula is C66H92N14O11. The highest BCUT2D eigenvalue weighted by molar-refractivity contribution is 5.98. The fourth-order valence-electron chi connectivity index (χ4n) is 11.1. The van der Waals surface area contributed by atoms with E-state index in [1.54, 1.807) is 42.5 Å². The third-order valence-electron chi connectivity index (χ3n) is 15.9. The number of carbonyl (C=O) groups excluding carboxylic acids is 10. The number of primary amides is 2. The number of phenols is 1. The first-order chi connectivity index (χ1) is 43.3. The number of nitrogens with one attached hydrogen (secondary N) is 5. The lowest BCUT2D eigenvalue weighted by atomic mass is 9.86. The Morgan fingerprint density at radius 2 is 1.00 bits per heavy atom. The summed E-state index contributed by atoms with van der Waals surface area (Å²) in [4.78, 5) is 149. The van der Waals surface area contributed by atoms with Gasteiger partial charge in [-0.15, -0.1) is 0 Å². The predicted octanol–water partition coefficient (Wildman–Crippen LogP) is 1.25. The summed E-state index contributed by atoms with van der Waals surface area (Å²) in [6.45, 7) is 8.30. The molecule has 18 N–H and O–H groups in total. The lowest BCUT2D eigenvalue weighted by Crippen LogP contribution is -2.50. The van der Waals surface area contributed by atoms with Crippen LogP contribution in [0.3, 0.4) is 0 Å². The van der Waals surface area contributed by atoms with Crippen LogP contribution in [0.15, 0.2) is 107 Å². The third-order valence-corrected chi connectivity index (χ3v) is 15.9. The van der Waals surface area contributed by atoms with E-state index in [0.29, 0.717) is 24.2 Å². The maximum Gasteiger partial charge on any atom is 0.240 e. The Balaban J connectivity index is 1.42. The van der Waals surface area contributed by atoms with Crippen LogP contribution >= 0.6 is 0 Å². The van der Waals surface area contributed by atoms with Crippen molar-refractivity contribution in [1.82, 2.24) is 31.5 Å². The first-order valence-corrected chi connectivity index (χ1v) is 31.1. The second-order valence-corrected chi connectivity index (χ2v) is 24.0. The maximum atomic E-state index is 15.1. The van der Waals surface area contributed by atoms with Gasteiger partial charge in [-0.3, -0.25) is 62.8 Å². The summed E-state index contributed by atoms with van der Waals surface area (Å²) in [5, 5.41) is 26.3. The van der Waals surface area contributed by atoms with Gasteiger partial charge in [-0.25, -0.2) is 0 Å². The van der Waals surface area contributed by atoms with Crippen molar-refractivity contribution < 1.29 is 53.1 Å². The quantitative estimate of drug-likeness (QED) is 0.0169. The highest BCUT2D eigenvalue weighted by Gasteiger charge is 2.36. The molecule has 1 aliphatic rings. The molecule has 0 bridgehead atoms. The fraction of sp³-hybridized carbons (Fsp3) is 0.485. The molecule has 4 aromatic rings. The standard InChI is InChI=1S/C66H92N14O11/c1-40(2)29-49(37-58(85)54(33-44-17-20-45-13-7-8-14-46(45)31-44)78-64(91)50(30-43-18-21-51(81)22-19-43)34-52(82)39-80-27-25-73-26-28-80)63(90)77-53(32-42-11-5-4-6-12-42)57(84)36-48(16-10-24-75-66(71)72)61(88)76-41(3)56(83)35-47(15-9-23-74-65(69)70)62(89)79-55(60(68)87)38-59(67)86/h4-8,11-14,17-22,31,40-41,47-50,53-55,73,81H,9-10,15-16,23-30,32-39H2,1-3H3,(H2,67,86)(H2,68,87)(H,76,88)(H,77,90)(H,78,91)(H,79,89)(H4,69,70,74)(H4,71,72,75)/t41-,47+,48+,49+,50+,53-,54-,55-/m0/s1. The van der Waals surface area contributed by atoms with Crippen molar-refractivity contribution in [3.63, 3.8) is 0 Å². The van der Waals surface area contributed by atoms with Gasteiger partial charge in [0.2, 0.25) is 35.4 Å². The first-order valence-electron chi connectivity index (χ1n) is 31.1. The second kappa shape index (κ2) is 37.2. The highest BCUT2D eigenvalue weighted by atomic mass is 16.3. The van der Waals surface area contributed by atoms with Crippen molar-refractivity contribution in [1.29, 1.82) is 0 Å². The van der Waals surface area contributed by atoms with Gasteiger partial charge in [-0.1, -0.05) is 98.8 Å². The number of benzene rings is 4. The van der Waals surface area contributed by atoms with Crippen molar-refractivity contribution >= 4 is 81.3 Å². The van der Waals surface area contributed by atoms with E-state index in [1.165, 1.54) is 19.1 Å². The molecule has 0 radical (unpaired) electrons. The largest absolute Gasteiger partial charge is 0.508 e. The second-order valence-electron chi connectivity index (χ2n) is 24.0. The molecule has 5 rings (SSSR count). The summed E-state index contributed by atoms with van der Waals surface area (Å²) in [6, 6.07) is 23.6. The van der Waals surface area contributed by atoms with E-state index in [2.05, 4.69) is 36.6 Å². The fourth-order valence-corrected chi connectivity index (χ4v) is 11.1. The monoisotopic (exact) mass is 1260 g/mol. The van der Waals surface area contributed by atoms with Crippen molar-refractivity contribution in [2.24, 2.45) is 74.0 Å². The molecule has 4 aromatic carbocycles. The van der Waals surface area contributed by atoms with Gasteiger partial charge in [-0.05, 0) is 104 Å². The Hall–Kier alpha value is -9.10. The number of nitrogens with two attached hydrogens (primary N) is 6. The SMILES string of the molecule is CC(C)C[C@H](CC(=O)[C@H](Cc1ccc2ccccc2c1)NC(=O)[C@@H](CC(=O)CN1CCNCC1)Cc1ccc(O)cc1)C(=O)N[C@@H](Cc1ccccc1)C(=O)C[C@@H](CCCN=C(N)N)C(=O)N[C@@H](C)C(=O)C[C@@H](CCCN=C(N)N)C(=O)N[C@@H](CC(N)=O)C(N)=O. The maximum absolute atomic E-state index is 15.1. The molecule has 25 heteroatoms. The molecule has 0 saturated carbocycles. The summed E-state index contributed by atoms with van der Waals surface area (Å²) >= 11 is 0. The number of rotatable bonds is 40. The number of carbonyl (C=O) groups is 10. The van der Waals surface area contributed by atoms with Crippen molar-refractivity contribution in [2.75, 3.05) is 45.8 Å². The number of guanidine groups is 2. The number of fused-ring (bicyclic) bond motifs is 1. The molecule has 91 heavy (non-hydrogen) atoms. The van der Waals surface area contributed by atoms with E-state index in [9.17, 15) is 48.3 Å². The Labute approximate surface area is 531 Å². The van der Waals surface area contributed by atoms with Crippen LogP contribution in [-0.4, -0.2) is 150 Å². The normalized spacial score (nSPS) is 15.0. The van der Waals surface area contributed by atoms with E-state index in [1.807, 2.05) is 61.2 Å². The Kier molecular flexibility index (Phi) is 29.7. The average Bonchev–Trinajstić information content (AvgIpc) is 1.67. The molecule has 1 saturated heterocycles. The van der Waals surface area contributed by atoms with E-state index >= 15 is 4.79 Å². The number of phenolic OH excluding ortho intramolecular Hbond substituents is 1. The van der Waals surface area contributed by atoms with Crippen LogP contribution in [-0.2, 0) is 67.2 Å². The van der Waals surface area contributed by atoms with Crippen molar-refractivity contribution in [3.05, 3.63) is 114 Å². The highest BCUT2D eigenvalue weighted by Crippen LogP contribution is 2.25. The van der Waals surface area contributed by atoms with E-state index in [-0.39, 0.29) is 113 Å². The van der Waals surface area contributed by atoms with E-state index < -0.39 is 120 Å². The van der Waals surface area contributed by atoms with Crippen molar-refractivity contribution in [2.45, 2.75) is 128 Å². The van der Waals surface area contributed by atoms with Gasteiger partial charge >= 0.3 is 0 Å². The predicted molar refractivity (Wildman–Crippen MR) is 347 cm³/mol. The molecule has 0 unspecified atom stereocenters. The topological polar surface area (TPSA) is 435 Å². The number of aliphatic imine (C=N–C) groups is 2. The van der Waals surface area contributed by atoms with Gasteiger partial charge in [0.05, 0.1) is 31.1 Å². The molecule has 492 valence electrons. The molecule has 1 aliphatic heterocycles. The van der Waals surface area contributed by atoms with Crippen LogP contribution in [0.4, 0.5) is 0 Å². The lowest BCUT2D eigenvalue weighted by molar-refractivity contribution is -0.136. The molecule has 0 aromatic heterocycles. The number of amides is 6. The van der Waals surface area contributed by atoms with Gasteiger partial charge < -0.3 is 66.1 Å². The van der Waals surface area contributed by atoms with Crippen molar-refractivity contribution in [3.8, 4) is 5.75 Å². The number of aromatic hydroxyl groups is 1. The summed E-state index contributed by atoms with van der Waals surface area (Å²) in [7, 11) is 0. The summed E-state index contributed by atoms with van der Waals surface area (Å²) in [5.74, 6) is -11.0. The summed E-state index contributed by atoms with van der Waals surface area (Å²) < 4.78 is 0. The van der Waals surface area contributed by atoms with Gasteiger partial charge in [0.25, 0.3) is 0 Å². The van der Waals surface area contributed by atoms with Gasteiger partial charge in [0.1, 0.15) is 17.6 Å². The molecule has 8 atom stereocenters. The van der Waals surface area contributed by atoms with Crippen LogP contribution in [0.25, 0.3) is 10.8 Å². The van der Waals surface area contributed by atoms with Gasteiger partial charge in [0, 0.05) is 88.6 Å². The number of piperazine rings is 1. The van der Waals surface area contributed by atoms with E-state index in [0.717, 1.165) is 29.4 Å². The number of hydrogen-bond acceptors (Lipinski definition) is 15. The Bertz CT molecular complexity index is 3180. The minimum atomic E-state index is -1.47. The minimum Gasteiger partial charge on any atom is -0.508 e. The molecule has 0 aliphatic carbocycles. The van der Waals surface area contributed by atoms with Crippen LogP contribution in [0.2, 0.25) is 0 Å².